The van der Waals surface area contributed by atoms with E-state index in [9.17, 15) is 9.90 Å². The van der Waals surface area contributed by atoms with Crippen molar-refractivity contribution in [1.82, 2.24) is 0 Å². The lowest BCUT2D eigenvalue weighted by Crippen LogP contribution is -1.98. The van der Waals surface area contributed by atoms with E-state index in [1.165, 1.54) is 0 Å². The largest absolute Gasteiger partial charge is 0.508 e. The van der Waals surface area contributed by atoms with Gasteiger partial charge in [-0.25, -0.2) is 0 Å². The molecule has 3 heteroatoms. The first-order valence-corrected chi connectivity index (χ1v) is 4.51. The van der Waals surface area contributed by atoms with Gasteiger partial charge in [-0.15, -0.1) is 0 Å². The van der Waals surface area contributed by atoms with Crippen molar-refractivity contribution in [3.8, 4) is 5.75 Å². The summed E-state index contributed by atoms with van der Waals surface area (Å²) in [5.74, 6) is -0.576. The van der Waals surface area contributed by atoms with Gasteiger partial charge in [0.2, 0.25) is 0 Å². The highest BCUT2D eigenvalue weighted by atomic mass is 16.4. The van der Waals surface area contributed by atoms with Crippen LogP contribution in [0.3, 0.4) is 0 Å². The Morgan fingerprint density at radius 3 is 2.50 bits per heavy atom. The first-order valence-electron chi connectivity index (χ1n) is 4.51. The van der Waals surface area contributed by atoms with Crippen molar-refractivity contribution in [3.63, 3.8) is 0 Å². The lowest BCUT2D eigenvalue weighted by molar-refractivity contribution is -0.136. The maximum absolute atomic E-state index is 10.3. The van der Waals surface area contributed by atoms with Crippen LogP contribution >= 0.6 is 0 Å². The fraction of sp³-hybridized carbons (Fsp3) is 0.364. The lowest BCUT2D eigenvalue weighted by Gasteiger charge is -2.06. The summed E-state index contributed by atoms with van der Waals surface area (Å²) in [6, 6.07) is 3.54. The number of phenols is 1. The molecule has 0 radical (unpaired) electrons. The van der Waals surface area contributed by atoms with Crippen LogP contribution in [0.1, 0.15) is 23.1 Å². The molecule has 0 amide bonds. The number of aromatic hydroxyl groups is 1. The Morgan fingerprint density at radius 1 is 1.36 bits per heavy atom. The smallest absolute Gasteiger partial charge is 0.303 e. The quantitative estimate of drug-likeness (QED) is 0.774. The molecule has 14 heavy (non-hydrogen) atoms. The molecule has 0 aliphatic heterocycles. The van der Waals surface area contributed by atoms with E-state index in [0.29, 0.717) is 6.42 Å². The van der Waals surface area contributed by atoms with Crippen molar-refractivity contribution >= 4 is 5.97 Å². The minimum Gasteiger partial charge on any atom is -0.508 e. The van der Waals surface area contributed by atoms with Gasteiger partial charge in [0, 0.05) is 6.42 Å². The van der Waals surface area contributed by atoms with E-state index in [1.807, 2.05) is 19.9 Å². The molecule has 76 valence electrons. The number of aliphatic carboxylic acids is 1. The van der Waals surface area contributed by atoms with Gasteiger partial charge >= 0.3 is 5.97 Å². The van der Waals surface area contributed by atoms with E-state index in [4.69, 9.17) is 5.11 Å². The Kier molecular flexibility index (Phi) is 3.12. The number of hydrogen-bond acceptors (Lipinski definition) is 2. The van der Waals surface area contributed by atoms with Crippen molar-refractivity contribution in [2.45, 2.75) is 26.7 Å². The third-order valence-electron chi connectivity index (χ3n) is 2.33. The number of carboxylic acids is 1. The number of carbonyl (C=O) groups is 1. The maximum Gasteiger partial charge on any atom is 0.303 e. The van der Waals surface area contributed by atoms with Crippen molar-refractivity contribution in [2.75, 3.05) is 0 Å². The summed E-state index contributed by atoms with van der Waals surface area (Å²) in [6.45, 7) is 3.74. The topological polar surface area (TPSA) is 57.5 Å². The second-order valence-corrected chi connectivity index (χ2v) is 3.45. The van der Waals surface area contributed by atoms with E-state index in [2.05, 4.69) is 0 Å². The fourth-order valence-electron chi connectivity index (χ4n) is 1.31. The van der Waals surface area contributed by atoms with Gasteiger partial charge in [-0.1, -0.05) is 6.07 Å². The summed E-state index contributed by atoms with van der Waals surface area (Å²) in [6.07, 6.45) is 0.561. The minimum atomic E-state index is -0.817. The molecule has 2 N–H and O–H groups in total. The van der Waals surface area contributed by atoms with Crippen LogP contribution in [0.25, 0.3) is 0 Å². The first kappa shape index (κ1) is 10.6. The van der Waals surface area contributed by atoms with Crippen molar-refractivity contribution in [2.24, 2.45) is 0 Å². The second-order valence-electron chi connectivity index (χ2n) is 3.45. The number of aryl methyl sites for hydroxylation is 2. The number of carboxylic acid groups (broad SMARTS) is 1. The molecule has 0 heterocycles. The van der Waals surface area contributed by atoms with E-state index in [0.717, 1.165) is 16.7 Å². The van der Waals surface area contributed by atoms with Crippen molar-refractivity contribution in [3.05, 3.63) is 28.8 Å². The fourth-order valence-corrected chi connectivity index (χ4v) is 1.31. The van der Waals surface area contributed by atoms with Gasteiger partial charge in [0.05, 0.1) is 0 Å². The maximum atomic E-state index is 10.3. The van der Waals surface area contributed by atoms with Gasteiger partial charge in [-0.3, -0.25) is 4.79 Å². The lowest BCUT2D eigenvalue weighted by atomic mass is 10.0. The van der Waals surface area contributed by atoms with Crippen LogP contribution in [0.15, 0.2) is 12.1 Å². The number of phenolic OH excluding ortho intramolecular Hbond substituents is 1. The van der Waals surface area contributed by atoms with Crippen LogP contribution in [-0.4, -0.2) is 16.2 Å². The van der Waals surface area contributed by atoms with E-state index >= 15 is 0 Å². The Morgan fingerprint density at radius 2 is 2.00 bits per heavy atom. The van der Waals surface area contributed by atoms with Crippen LogP contribution in [0.5, 0.6) is 5.75 Å². The van der Waals surface area contributed by atoms with Gasteiger partial charge in [0.1, 0.15) is 5.75 Å². The molecule has 0 fully saturated rings. The number of rotatable bonds is 3. The van der Waals surface area contributed by atoms with Gasteiger partial charge in [0.15, 0.2) is 0 Å². The Hall–Kier alpha value is -1.51. The van der Waals surface area contributed by atoms with Gasteiger partial charge in [-0.05, 0) is 43.0 Å². The van der Waals surface area contributed by atoms with Crippen molar-refractivity contribution in [1.29, 1.82) is 0 Å². The Bertz CT molecular complexity index is 333. The summed E-state index contributed by atoms with van der Waals surface area (Å²) >= 11 is 0. The zero-order chi connectivity index (χ0) is 10.7. The van der Waals surface area contributed by atoms with Crippen LogP contribution in [0.2, 0.25) is 0 Å². The monoisotopic (exact) mass is 194 g/mol. The molecule has 1 aromatic carbocycles. The molecule has 0 bridgehead atoms. The van der Waals surface area contributed by atoms with Crippen molar-refractivity contribution < 1.29 is 15.0 Å². The van der Waals surface area contributed by atoms with Gasteiger partial charge < -0.3 is 10.2 Å². The molecule has 0 aromatic heterocycles. The summed E-state index contributed by atoms with van der Waals surface area (Å²) in [5, 5.41) is 18.0. The number of benzene rings is 1. The second kappa shape index (κ2) is 4.13. The summed E-state index contributed by atoms with van der Waals surface area (Å²) in [4.78, 5) is 10.3. The molecule has 0 aliphatic carbocycles. The summed E-state index contributed by atoms with van der Waals surface area (Å²) in [5.41, 5.74) is 2.71. The Balaban J connectivity index is 2.84. The number of hydrogen-bond donors (Lipinski definition) is 2. The Labute approximate surface area is 83.0 Å². The van der Waals surface area contributed by atoms with Crippen LogP contribution < -0.4 is 0 Å². The molecule has 3 nitrogen and oxygen atoms in total. The molecule has 0 unspecified atom stereocenters. The SMILES string of the molecule is Cc1cc(CCC(=O)O)cc(O)c1C. The predicted molar refractivity (Wildman–Crippen MR) is 53.5 cm³/mol. The standard InChI is InChI=1S/C11H14O3/c1-7-5-9(3-4-11(13)14)6-10(12)8(7)2/h5-6,12H,3-4H2,1-2H3,(H,13,14). The highest BCUT2D eigenvalue weighted by Gasteiger charge is 2.04. The zero-order valence-electron chi connectivity index (χ0n) is 8.37. The van der Waals surface area contributed by atoms with E-state index in [1.54, 1.807) is 6.07 Å². The molecular weight excluding hydrogens is 180 g/mol. The molecule has 1 rings (SSSR count). The molecule has 1 aromatic rings. The minimum absolute atomic E-state index is 0.0991. The van der Waals surface area contributed by atoms with Crippen LogP contribution in [0.4, 0.5) is 0 Å². The normalized spacial score (nSPS) is 10.1. The molecular formula is C11H14O3. The molecule has 0 spiro atoms. The van der Waals surface area contributed by atoms with Gasteiger partial charge in [0.25, 0.3) is 0 Å². The van der Waals surface area contributed by atoms with Crippen LogP contribution in [-0.2, 0) is 11.2 Å². The third-order valence-corrected chi connectivity index (χ3v) is 2.33. The summed E-state index contributed by atoms with van der Waals surface area (Å²) < 4.78 is 0. The molecule has 0 atom stereocenters. The molecule has 0 saturated heterocycles. The predicted octanol–water partition coefficient (Wildman–Crippen LogP) is 2.03. The highest BCUT2D eigenvalue weighted by molar-refractivity contribution is 5.67. The average molecular weight is 194 g/mol. The summed E-state index contributed by atoms with van der Waals surface area (Å²) in [7, 11) is 0. The average Bonchev–Trinajstić information content (AvgIpc) is 2.10. The van der Waals surface area contributed by atoms with E-state index < -0.39 is 5.97 Å². The third kappa shape index (κ3) is 2.49. The first-order chi connectivity index (χ1) is 6.50. The highest BCUT2D eigenvalue weighted by Crippen LogP contribution is 2.22. The van der Waals surface area contributed by atoms with E-state index in [-0.39, 0.29) is 12.2 Å². The zero-order valence-corrected chi connectivity index (χ0v) is 8.37. The van der Waals surface area contributed by atoms with Gasteiger partial charge in [-0.2, -0.15) is 0 Å². The van der Waals surface area contributed by atoms with Crippen LogP contribution in [0, 0.1) is 13.8 Å². The molecule has 0 saturated carbocycles. The molecule has 0 aliphatic rings.